The van der Waals surface area contributed by atoms with Gasteiger partial charge in [0, 0.05) is 30.2 Å². The first-order chi connectivity index (χ1) is 12.6. The Morgan fingerprint density at radius 3 is 2.54 bits per heavy atom. The smallest absolute Gasteiger partial charge is 0.165 e. The van der Waals surface area contributed by atoms with Gasteiger partial charge >= 0.3 is 0 Å². The van der Waals surface area contributed by atoms with E-state index in [0.29, 0.717) is 5.02 Å². The van der Waals surface area contributed by atoms with Gasteiger partial charge in [-0.05, 0) is 48.9 Å². The first-order valence-corrected chi connectivity index (χ1v) is 9.13. The highest BCUT2D eigenvalue weighted by molar-refractivity contribution is 6.30. The van der Waals surface area contributed by atoms with Crippen LogP contribution in [0.2, 0.25) is 5.02 Å². The van der Waals surface area contributed by atoms with E-state index in [1.807, 2.05) is 18.2 Å². The molecule has 1 fully saturated rings. The maximum Gasteiger partial charge on any atom is 0.165 e. The Kier molecular flexibility index (Phi) is 6.35. The van der Waals surface area contributed by atoms with E-state index >= 15 is 0 Å². The molecule has 26 heavy (non-hydrogen) atoms. The van der Waals surface area contributed by atoms with Gasteiger partial charge in [-0.1, -0.05) is 17.7 Å². The van der Waals surface area contributed by atoms with Crippen LogP contribution in [0, 0.1) is 5.82 Å². The van der Waals surface area contributed by atoms with Crippen LogP contribution < -0.4 is 14.8 Å². The Labute approximate surface area is 158 Å². The second kappa shape index (κ2) is 8.71. The zero-order valence-corrected chi connectivity index (χ0v) is 15.9. The highest BCUT2D eigenvalue weighted by Crippen LogP contribution is 2.37. The number of rotatable bonds is 5. The first kappa shape index (κ1) is 19.0. The van der Waals surface area contributed by atoms with Crippen LogP contribution in [0.1, 0.15) is 23.6 Å². The summed E-state index contributed by atoms with van der Waals surface area (Å²) in [5, 5.41) is 4.04. The summed E-state index contributed by atoms with van der Waals surface area (Å²) in [6, 6.07) is 10.5. The number of ether oxygens (including phenoxy) is 2. The second-order valence-electron chi connectivity index (χ2n) is 6.32. The summed E-state index contributed by atoms with van der Waals surface area (Å²) in [4.78, 5) is 2.34. The Morgan fingerprint density at radius 2 is 1.81 bits per heavy atom. The van der Waals surface area contributed by atoms with Gasteiger partial charge in [0.15, 0.2) is 11.6 Å². The molecule has 3 rings (SSSR count). The molecule has 1 atom stereocenters. The van der Waals surface area contributed by atoms with E-state index in [9.17, 15) is 4.39 Å². The number of nitrogens with zero attached hydrogens (tertiary/aromatic N) is 1. The molecule has 1 aliphatic rings. The molecule has 2 aromatic carbocycles. The zero-order chi connectivity index (χ0) is 18.5. The third-order valence-corrected chi connectivity index (χ3v) is 4.95. The number of nitrogens with one attached hydrogen (secondary N) is 1. The van der Waals surface area contributed by atoms with Gasteiger partial charge in [-0.15, -0.1) is 0 Å². The molecule has 1 saturated heterocycles. The van der Waals surface area contributed by atoms with Crippen LogP contribution in [0.5, 0.6) is 11.5 Å². The van der Waals surface area contributed by atoms with Crippen molar-refractivity contribution in [3.05, 3.63) is 58.4 Å². The molecule has 1 heterocycles. The second-order valence-corrected chi connectivity index (χ2v) is 6.76. The Balaban J connectivity index is 2.10. The summed E-state index contributed by atoms with van der Waals surface area (Å²) in [5.41, 5.74) is 1.79. The fraction of sp³-hybridized carbons (Fsp3) is 0.400. The van der Waals surface area contributed by atoms with Crippen LogP contribution in [-0.4, -0.2) is 45.3 Å². The quantitative estimate of drug-likeness (QED) is 0.856. The van der Waals surface area contributed by atoms with E-state index in [4.69, 9.17) is 21.1 Å². The molecule has 0 aromatic heterocycles. The summed E-state index contributed by atoms with van der Waals surface area (Å²) in [6.07, 6.45) is 1.03. The lowest BCUT2D eigenvalue weighted by molar-refractivity contribution is 0.235. The molecule has 140 valence electrons. The number of benzene rings is 2. The van der Waals surface area contributed by atoms with E-state index in [0.717, 1.165) is 49.5 Å². The van der Waals surface area contributed by atoms with E-state index < -0.39 is 0 Å². The first-order valence-electron chi connectivity index (χ1n) is 8.75. The topological polar surface area (TPSA) is 33.7 Å². The minimum Gasteiger partial charge on any atom is -0.496 e. The molecule has 1 N–H and O–H groups in total. The van der Waals surface area contributed by atoms with Crippen LogP contribution in [0.25, 0.3) is 0 Å². The third-order valence-electron chi connectivity index (χ3n) is 4.72. The van der Waals surface area contributed by atoms with E-state index in [2.05, 4.69) is 10.2 Å². The lowest BCUT2D eigenvalue weighted by Gasteiger charge is -2.32. The average molecular weight is 379 g/mol. The number of hydrogen-bond acceptors (Lipinski definition) is 4. The normalized spacial score (nSPS) is 16.8. The molecule has 0 radical (unpaired) electrons. The highest BCUT2D eigenvalue weighted by atomic mass is 35.5. The zero-order valence-electron chi connectivity index (χ0n) is 15.1. The van der Waals surface area contributed by atoms with Crippen molar-refractivity contribution >= 4 is 11.6 Å². The molecule has 1 aliphatic heterocycles. The lowest BCUT2D eigenvalue weighted by atomic mass is 9.95. The molecule has 0 bridgehead atoms. The molecule has 0 amide bonds. The maximum atomic E-state index is 14.4. The molecular weight excluding hydrogens is 355 g/mol. The third kappa shape index (κ3) is 4.11. The van der Waals surface area contributed by atoms with Gasteiger partial charge in [0.25, 0.3) is 0 Å². The predicted molar refractivity (Wildman–Crippen MR) is 102 cm³/mol. The number of hydrogen-bond donors (Lipinski definition) is 1. The fourth-order valence-electron chi connectivity index (χ4n) is 3.48. The molecule has 0 aliphatic carbocycles. The van der Waals surface area contributed by atoms with Crippen molar-refractivity contribution in [2.75, 3.05) is 40.4 Å². The molecule has 1 unspecified atom stereocenters. The largest absolute Gasteiger partial charge is 0.496 e. The van der Waals surface area contributed by atoms with Gasteiger partial charge in [-0.2, -0.15) is 0 Å². The van der Waals surface area contributed by atoms with Crippen LogP contribution in [0.3, 0.4) is 0 Å². The summed E-state index contributed by atoms with van der Waals surface area (Å²) >= 11 is 6.27. The van der Waals surface area contributed by atoms with E-state index in [-0.39, 0.29) is 17.6 Å². The molecule has 4 nitrogen and oxygen atoms in total. The molecule has 0 spiro atoms. The van der Waals surface area contributed by atoms with E-state index in [1.54, 1.807) is 25.3 Å². The number of methoxy groups -OCH3 is 2. The van der Waals surface area contributed by atoms with Crippen LogP contribution >= 0.6 is 11.6 Å². The van der Waals surface area contributed by atoms with Crippen LogP contribution in [-0.2, 0) is 0 Å². The molecular formula is C20H24ClFN2O2. The van der Waals surface area contributed by atoms with Gasteiger partial charge in [0.05, 0.1) is 20.3 Å². The monoisotopic (exact) mass is 378 g/mol. The Bertz CT molecular complexity index is 749. The number of halogens is 2. The molecule has 0 saturated carbocycles. The van der Waals surface area contributed by atoms with Crippen molar-refractivity contribution in [3.63, 3.8) is 0 Å². The van der Waals surface area contributed by atoms with Gasteiger partial charge < -0.3 is 14.8 Å². The van der Waals surface area contributed by atoms with Crippen LogP contribution in [0.15, 0.2) is 36.4 Å². The van der Waals surface area contributed by atoms with Crippen molar-refractivity contribution in [2.24, 2.45) is 0 Å². The highest BCUT2D eigenvalue weighted by Gasteiger charge is 2.27. The standard InChI is InChI=1S/C20H24ClFN2O2/c1-25-18-7-5-15(21)13-16(18)20(24-10-3-8-23-9-11-24)14-4-6-19(26-2)17(22)12-14/h4-7,12-13,20,23H,3,8-11H2,1-2H3. The van der Waals surface area contributed by atoms with Gasteiger partial charge in [-0.3, -0.25) is 4.90 Å². The minimum absolute atomic E-state index is 0.149. The Morgan fingerprint density at radius 1 is 1.04 bits per heavy atom. The molecule has 6 heteroatoms. The average Bonchev–Trinajstić information content (AvgIpc) is 2.92. The lowest BCUT2D eigenvalue weighted by Crippen LogP contribution is -2.33. The van der Waals surface area contributed by atoms with Gasteiger partial charge in [0.2, 0.25) is 0 Å². The predicted octanol–water partition coefficient (Wildman–Crippen LogP) is 3.88. The Hall–Kier alpha value is -1.82. The summed E-state index contributed by atoms with van der Waals surface area (Å²) in [5.74, 6) is 0.611. The summed E-state index contributed by atoms with van der Waals surface area (Å²) < 4.78 is 25.1. The van der Waals surface area contributed by atoms with E-state index in [1.165, 1.54) is 7.11 Å². The van der Waals surface area contributed by atoms with Gasteiger partial charge in [0.1, 0.15) is 5.75 Å². The molecule has 2 aromatic rings. The van der Waals surface area contributed by atoms with Crippen molar-refractivity contribution < 1.29 is 13.9 Å². The van der Waals surface area contributed by atoms with Crippen molar-refractivity contribution in [2.45, 2.75) is 12.5 Å². The van der Waals surface area contributed by atoms with Crippen molar-refractivity contribution in [1.29, 1.82) is 0 Å². The SMILES string of the molecule is COc1ccc(C(c2cc(Cl)ccc2OC)N2CCCNCC2)cc1F. The van der Waals surface area contributed by atoms with Crippen molar-refractivity contribution in [3.8, 4) is 11.5 Å². The van der Waals surface area contributed by atoms with Crippen LogP contribution in [0.4, 0.5) is 4.39 Å². The van der Waals surface area contributed by atoms with Crippen molar-refractivity contribution in [1.82, 2.24) is 10.2 Å². The summed E-state index contributed by atoms with van der Waals surface area (Å²) in [6.45, 7) is 3.62. The van der Waals surface area contributed by atoms with Gasteiger partial charge in [-0.25, -0.2) is 4.39 Å². The maximum absolute atomic E-state index is 14.4. The fourth-order valence-corrected chi connectivity index (χ4v) is 3.66. The summed E-state index contributed by atoms with van der Waals surface area (Å²) in [7, 11) is 3.11. The minimum atomic E-state index is -0.371.